The first-order chi connectivity index (χ1) is 14.2. The molecule has 1 aromatic heterocycles. The van der Waals surface area contributed by atoms with Crippen LogP contribution in [0.15, 0.2) is 51.1 Å². The number of allylic oxidation sites excluding steroid dienone is 4. The van der Waals surface area contributed by atoms with Crippen molar-refractivity contribution in [3.05, 3.63) is 48.0 Å². The summed E-state index contributed by atoms with van der Waals surface area (Å²) in [5, 5.41) is 8.13. The third kappa shape index (κ3) is 3.69. The zero-order chi connectivity index (χ0) is 19.8. The first kappa shape index (κ1) is 18.1. The smallest absolute Gasteiger partial charge is 0.307 e. The fourth-order valence-corrected chi connectivity index (χ4v) is 5.06. The van der Waals surface area contributed by atoms with Crippen LogP contribution in [-0.2, 0) is 0 Å². The molecule has 4 aliphatic rings. The molecule has 2 saturated carbocycles. The maximum Gasteiger partial charge on any atom is 0.307 e. The molecule has 0 aromatic carbocycles. The normalized spacial score (nSPS) is 34.1. The minimum absolute atomic E-state index is 0.0438. The van der Waals surface area contributed by atoms with Crippen molar-refractivity contribution in [3.63, 3.8) is 0 Å². The Morgan fingerprint density at radius 2 is 1.28 bits per heavy atom. The second-order valence-electron chi connectivity index (χ2n) is 8.49. The molecule has 0 unspecified atom stereocenters. The monoisotopic (exact) mass is 392 g/mol. The van der Waals surface area contributed by atoms with Crippen molar-refractivity contribution in [1.82, 2.24) is 10.9 Å². The van der Waals surface area contributed by atoms with E-state index in [4.69, 9.17) is 4.42 Å². The number of carbonyl (C=O) groups is 2. The number of hydrazone groups is 2. The minimum Gasteiger partial charge on any atom is -0.446 e. The van der Waals surface area contributed by atoms with Gasteiger partial charge in [0.15, 0.2) is 11.5 Å². The summed E-state index contributed by atoms with van der Waals surface area (Å²) in [6, 6.07) is 2.93. The van der Waals surface area contributed by atoms with E-state index in [1.807, 2.05) is 12.4 Å². The molecule has 29 heavy (non-hydrogen) atoms. The van der Waals surface area contributed by atoms with Gasteiger partial charge in [0.25, 0.3) is 0 Å². The van der Waals surface area contributed by atoms with Gasteiger partial charge in [-0.05, 0) is 61.5 Å². The summed E-state index contributed by atoms with van der Waals surface area (Å²) < 4.78 is 5.36. The van der Waals surface area contributed by atoms with E-state index in [1.54, 1.807) is 0 Å². The van der Waals surface area contributed by atoms with Crippen LogP contribution in [0, 0.1) is 35.5 Å². The van der Waals surface area contributed by atoms with Gasteiger partial charge in [0.1, 0.15) is 0 Å². The van der Waals surface area contributed by atoms with E-state index in [9.17, 15) is 9.59 Å². The fourth-order valence-electron chi connectivity index (χ4n) is 5.06. The van der Waals surface area contributed by atoms with Crippen molar-refractivity contribution in [3.8, 4) is 0 Å². The highest BCUT2D eigenvalue weighted by molar-refractivity contribution is 5.95. The van der Waals surface area contributed by atoms with Gasteiger partial charge in [-0.25, -0.2) is 10.9 Å². The molecule has 2 fully saturated rings. The molecular weight excluding hydrogens is 368 g/mol. The molecule has 0 spiro atoms. The first-order valence-corrected chi connectivity index (χ1v) is 10.3. The Labute approximate surface area is 169 Å². The number of amides is 2. The minimum atomic E-state index is -0.476. The molecule has 6 atom stereocenters. The van der Waals surface area contributed by atoms with Crippen LogP contribution in [0.4, 0.5) is 0 Å². The average Bonchev–Trinajstić information content (AvgIpc) is 3.54. The molecule has 2 amide bonds. The SMILES string of the molecule is O=C(N/N=C\[C@@H]1C[C@@H]2C=C[C@@H]1C2)c1ccc(C(=O)N/N=C\[C@@H]2C[C@H]3C=C[C@@H]2C3)o1. The molecule has 0 saturated heterocycles. The van der Waals surface area contributed by atoms with Crippen LogP contribution in [-0.4, -0.2) is 24.2 Å². The fraction of sp³-hybridized carbons (Fsp3) is 0.455. The average molecular weight is 392 g/mol. The highest BCUT2D eigenvalue weighted by atomic mass is 16.4. The lowest BCUT2D eigenvalue weighted by Gasteiger charge is -2.11. The van der Waals surface area contributed by atoms with Gasteiger partial charge in [-0.3, -0.25) is 9.59 Å². The third-order valence-electron chi connectivity index (χ3n) is 6.58. The summed E-state index contributed by atoms with van der Waals surface area (Å²) in [6.07, 6.45) is 17.2. The number of hydrogen-bond acceptors (Lipinski definition) is 5. The van der Waals surface area contributed by atoms with Crippen molar-refractivity contribution in [2.24, 2.45) is 45.7 Å². The van der Waals surface area contributed by atoms with Gasteiger partial charge in [0, 0.05) is 24.3 Å². The summed E-state index contributed by atoms with van der Waals surface area (Å²) in [6.45, 7) is 0. The molecule has 0 radical (unpaired) electrons. The van der Waals surface area contributed by atoms with E-state index in [0.717, 1.165) is 12.8 Å². The number of carbonyl (C=O) groups excluding carboxylic acids is 2. The first-order valence-electron chi connectivity index (χ1n) is 10.3. The molecule has 4 aliphatic carbocycles. The summed E-state index contributed by atoms with van der Waals surface area (Å²) in [5.74, 6) is 2.28. The lowest BCUT2D eigenvalue weighted by Crippen LogP contribution is -2.20. The van der Waals surface area contributed by atoms with Crippen LogP contribution in [0.1, 0.15) is 46.8 Å². The Hall–Kier alpha value is -2.96. The Morgan fingerprint density at radius 1 is 0.793 bits per heavy atom. The van der Waals surface area contributed by atoms with Crippen molar-refractivity contribution in [1.29, 1.82) is 0 Å². The molecule has 150 valence electrons. The Kier molecular flexibility index (Phi) is 4.66. The van der Waals surface area contributed by atoms with Gasteiger partial charge < -0.3 is 4.42 Å². The van der Waals surface area contributed by atoms with Gasteiger partial charge in [0.2, 0.25) is 0 Å². The quantitative estimate of drug-likeness (QED) is 0.442. The lowest BCUT2D eigenvalue weighted by atomic mass is 9.95. The van der Waals surface area contributed by atoms with Crippen molar-refractivity contribution in [2.75, 3.05) is 0 Å². The van der Waals surface area contributed by atoms with Crippen LogP contribution in [0.2, 0.25) is 0 Å². The Balaban J connectivity index is 1.11. The maximum atomic E-state index is 12.2. The van der Waals surface area contributed by atoms with E-state index in [1.165, 1.54) is 25.0 Å². The Bertz CT molecular complexity index is 856. The van der Waals surface area contributed by atoms with Crippen molar-refractivity contribution < 1.29 is 14.0 Å². The van der Waals surface area contributed by atoms with E-state index >= 15 is 0 Å². The zero-order valence-corrected chi connectivity index (χ0v) is 16.0. The van der Waals surface area contributed by atoms with Crippen LogP contribution in [0.3, 0.4) is 0 Å². The second-order valence-corrected chi connectivity index (χ2v) is 8.49. The van der Waals surface area contributed by atoms with Gasteiger partial charge in [-0.15, -0.1) is 0 Å². The van der Waals surface area contributed by atoms with Crippen LogP contribution >= 0.6 is 0 Å². The van der Waals surface area contributed by atoms with E-state index in [-0.39, 0.29) is 11.5 Å². The number of furan rings is 1. The highest BCUT2D eigenvalue weighted by Gasteiger charge is 2.35. The van der Waals surface area contributed by atoms with Crippen molar-refractivity contribution >= 4 is 24.2 Å². The molecule has 7 heteroatoms. The van der Waals surface area contributed by atoms with Gasteiger partial charge >= 0.3 is 11.8 Å². The number of nitrogens with zero attached hydrogens (tertiary/aromatic N) is 2. The highest BCUT2D eigenvalue weighted by Crippen LogP contribution is 2.43. The van der Waals surface area contributed by atoms with E-state index in [0.29, 0.717) is 35.5 Å². The van der Waals surface area contributed by atoms with Crippen molar-refractivity contribution in [2.45, 2.75) is 25.7 Å². The summed E-state index contributed by atoms with van der Waals surface area (Å²) in [4.78, 5) is 24.4. The lowest BCUT2D eigenvalue weighted by molar-refractivity contribution is 0.0902. The van der Waals surface area contributed by atoms with Gasteiger partial charge in [-0.1, -0.05) is 24.3 Å². The van der Waals surface area contributed by atoms with Gasteiger partial charge in [0.05, 0.1) is 0 Å². The summed E-state index contributed by atoms with van der Waals surface area (Å²) in [7, 11) is 0. The largest absolute Gasteiger partial charge is 0.446 e. The van der Waals surface area contributed by atoms with Gasteiger partial charge in [-0.2, -0.15) is 10.2 Å². The predicted molar refractivity (Wildman–Crippen MR) is 108 cm³/mol. The Morgan fingerprint density at radius 3 is 1.66 bits per heavy atom. The standard InChI is InChI=1S/C22H24N4O3/c27-21(25-23-11-17-9-13-1-3-15(17)7-13)19-5-6-20(29-19)22(28)26-24-12-18-10-14-2-4-16(18)8-14/h1-6,11-18H,7-10H2,(H,25,27)(H,26,28)/b23-11-,24-12-/t13-,14+,15-,16-,17+,18+/m1/s1. The zero-order valence-electron chi connectivity index (χ0n) is 16.0. The topological polar surface area (TPSA) is 96.1 Å². The van der Waals surface area contributed by atoms with E-state index in [2.05, 4.69) is 45.4 Å². The number of nitrogens with one attached hydrogen (secondary N) is 2. The summed E-state index contributed by atoms with van der Waals surface area (Å²) >= 11 is 0. The number of rotatable bonds is 6. The molecule has 1 aromatic rings. The third-order valence-corrected chi connectivity index (χ3v) is 6.58. The van der Waals surface area contributed by atoms with Crippen LogP contribution < -0.4 is 10.9 Å². The number of fused-ring (bicyclic) bond motifs is 4. The molecule has 0 aliphatic heterocycles. The summed E-state index contributed by atoms with van der Waals surface area (Å²) in [5.41, 5.74) is 4.96. The van der Waals surface area contributed by atoms with E-state index < -0.39 is 11.8 Å². The molecule has 7 nitrogen and oxygen atoms in total. The van der Waals surface area contributed by atoms with Crippen LogP contribution in [0.25, 0.3) is 0 Å². The maximum absolute atomic E-state index is 12.2. The second kappa shape index (κ2) is 7.46. The molecule has 4 bridgehead atoms. The van der Waals surface area contributed by atoms with Crippen LogP contribution in [0.5, 0.6) is 0 Å². The molecule has 1 heterocycles. The molecular formula is C22H24N4O3. The molecule has 2 N–H and O–H groups in total. The number of hydrogen-bond donors (Lipinski definition) is 2. The molecule has 5 rings (SSSR count). The predicted octanol–water partition coefficient (Wildman–Crippen LogP) is 3.14.